The summed E-state index contributed by atoms with van der Waals surface area (Å²) in [5.41, 5.74) is 0.634. The van der Waals surface area contributed by atoms with Gasteiger partial charge in [0.15, 0.2) is 0 Å². The Bertz CT molecular complexity index is 559. The summed E-state index contributed by atoms with van der Waals surface area (Å²) in [5, 5.41) is 1.22. The SMILES string of the molecule is FC(F)(F)CN(CCBr)c1ncc2ccccc2n1. The second kappa shape index (κ2) is 5.73. The molecule has 0 saturated heterocycles. The van der Waals surface area contributed by atoms with E-state index in [0.717, 1.165) is 10.3 Å². The minimum atomic E-state index is -4.28. The number of aromatic nitrogens is 2. The van der Waals surface area contributed by atoms with Crippen molar-refractivity contribution in [3.63, 3.8) is 0 Å². The van der Waals surface area contributed by atoms with E-state index in [0.29, 0.717) is 10.8 Å². The van der Waals surface area contributed by atoms with E-state index < -0.39 is 12.7 Å². The molecule has 0 N–H and O–H groups in total. The average Bonchev–Trinajstić information content (AvgIpc) is 2.36. The predicted molar refractivity (Wildman–Crippen MR) is 71.6 cm³/mol. The Kier molecular flexibility index (Phi) is 4.24. The second-order valence-corrected chi connectivity index (χ2v) is 4.75. The van der Waals surface area contributed by atoms with E-state index in [-0.39, 0.29) is 12.5 Å². The van der Waals surface area contributed by atoms with Crippen molar-refractivity contribution < 1.29 is 13.2 Å². The van der Waals surface area contributed by atoms with Crippen LogP contribution in [0.4, 0.5) is 19.1 Å². The van der Waals surface area contributed by atoms with Gasteiger partial charge in [-0.3, -0.25) is 0 Å². The molecule has 0 amide bonds. The highest BCUT2D eigenvalue weighted by atomic mass is 79.9. The van der Waals surface area contributed by atoms with Gasteiger partial charge in [0.2, 0.25) is 5.95 Å². The summed E-state index contributed by atoms with van der Waals surface area (Å²) in [6, 6.07) is 7.19. The molecule has 0 fully saturated rings. The Labute approximate surface area is 116 Å². The quantitative estimate of drug-likeness (QED) is 0.803. The molecule has 3 nitrogen and oxygen atoms in total. The number of para-hydroxylation sites is 1. The van der Waals surface area contributed by atoms with E-state index in [2.05, 4.69) is 25.9 Å². The summed E-state index contributed by atoms with van der Waals surface area (Å²) in [4.78, 5) is 9.29. The first-order valence-corrected chi connectivity index (χ1v) is 6.71. The van der Waals surface area contributed by atoms with Crippen LogP contribution in [0.2, 0.25) is 0 Å². The molecule has 0 radical (unpaired) electrons. The Balaban J connectivity index is 2.33. The number of anilines is 1. The lowest BCUT2D eigenvalue weighted by atomic mass is 10.2. The van der Waals surface area contributed by atoms with Crippen LogP contribution in [0.25, 0.3) is 10.9 Å². The molecule has 0 unspecified atom stereocenters. The molecule has 0 spiro atoms. The molecule has 102 valence electrons. The molecule has 0 aliphatic rings. The largest absolute Gasteiger partial charge is 0.406 e. The standard InChI is InChI=1S/C12H11BrF3N3/c13-5-6-19(8-12(14,15)16)11-17-7-9-3-1-2-4-10(9)18-11/h1-4,7H,5-6,8H2. The highest BCUT2D eigenvalue weighted by Gasteiger charge is 2.31. The van der Waals surface area contributed by atoms with Gasteiger partial charge in [-0.2, -0.15) is 13.2 Å². The topological polar surface area (TPSA) is 29.0 Å². The van der Waals surface area contributed by atoms with Crippen molar-refractivity contribution in [1.29, 1.82) is 0 Å². The maximum absolute atomic E-state index is 12.5. The Morgan fingerprint density at radius 2 is 1.95 bits per heavy atom. The number of rotatable bonds is 4. The molecule has 0 saturated carbocycles. The van der Waals surface area contributed by atoms with Gasteiger partial charge in [0.1, 0.15) is 6.54 Å². The first kappa shape index (κ1) is 14.0. The lowest BCUT2D eigenvalue weighted by Gasteiger charge is -2.23. The van der Waals surface area contributed by atoms with Gasteiger partial charge in [-0.1, -0.05) is 34.1 Å². The third kappa shape index (κ3) is 3.79. The number of hydrogen-bond acceptors (Lipinski definition) is 3. The zero-order valence-electron chi connectivity index (χ0n) is 9.86. The minimum Gasteiger partial charge on any atom is -0.331 e. The first-order chi connectivity index (χ1) is 8.99. The summed E-state index contributed by atoms with van der Waals surface area (Å²) in [5.74, 6) is 0.0930. The fourth-order valence-electron chi connectivity index (χ4n) is 1.68. The third-order valence-corrected chi connectivity index (χ3v) is 2.84. The van der Waals surface area contributed by atoms with Gasteiger partial charge < -0.3 is 4.90 Å². The van der Waals surface area contributed by atoms with Gasteiger partial charge in [0.25, 0.3) is 0 Å². The van der Waals surface area contributed by atoms with Crippen LogP contribution in [0.15, 0.2) is 30.5 Å². The number of benzene rings is 1. The number of alkyl halides is 4. The van der Waals surface area contributed by atoms with E-state index in [1.165, 1.54) is 6.20 Å². The molecular weight excluding hydrogens is 323 g/mol. The van der Waals surface area contributed by atoms with E-state index in [1.54, 1.807) is 12.1 Å². The van der Waals surface area contributed by atoms with Crippen LogP contribution in [-0.2, 0) is 0 Å². The highest BCUT2D eigenvalue weighted by Crippen LogP contribution is 2.21. The van der Waals surface area contributed by atoms with Crippen molar-refractivity contribution in [2.75, 3.05) is 23.3 Å². The van der Waals surface area contributed by atoms with Crippen LogP contribution >= 0.6 is 15.9 Å². The maximum atomic E-state index is 12.5. The van der Waals surface area contributed by atoms with Crippen LogP contribution in [0.5, 0.6) is 0 Å². The van der Waals surface area contributed by atoms with Gasteiger partial charge >= 0.3 is 6.18 Å². The molecule has 0 aliphatic carbocycles. The fraction of sp³-hybridized carbons (Fsp3) is 0.333. The molecule has 7 heteroatoms. The summed E-state index contributed by atoms with van der Waals surface area (Å²) >= 11 is 3.14. The molecule has 1 aromatic heterocycles. The van der Waals surface area contributed by atoms with E-state index in [1.807, 2.05) is 12.1 Å². The van der Waals surface area contributed by atoms with Gasteiger partial charge in [0.05, 0.1) is 5.52 Å². The summed E-state index contributed by atoms with van der Waals surface area (Å²) in [6.45, 7) is -0.866. The fourth-order valence-corrected chi connectivity index (χ4v) is 2.11. The molecule has 0 bridgehead atoms. The summed E-state index contributed by atoms with van der Waals surface area (Å²) in [6.07, 6.45) is -2.74. The first-order valence-electron chi connectivity index (χ1n) is 5.59. The van der Waals surface area contributed by atoms with Crippen molar-refractivity contribution in [1.82, 2.24) is 9.97 Å². The Morgan fingerprint density at radius 3 is 2.63 bits per heavy atom. The molecule has 2 aromatic rings. The lowest BCUT2D eigenvalue weighted by Crippen LogP contribution is -2.36. The summed E-state index contributed by atoms with van der Waals surface area (Å²) in [7, 11) is 0. The normalized spacial score (nSPS) is 11.8. The number of fused-ring (bicyclic) bond motifs is 1. The van der Waals surface area contributed by atoms with Crippen LogP contribution in [-0.4, -0.2) is 34.6 Å². The minimum absolute atomic E-state index is 0.0930. The van der Waals surface area contributed by atoms with E-state index >= 15 is 0 Å². The Hall–Kier alpha value is -1.37. The monoisotopic (exact) mass is 333 g/mol. The number of halogens is 4. The third-order valence-electron chi connectivity index (χ3n) is 2.48. The number of hydrogen-bond donors (Lipinski definition) is 0. The van der Waals surface area contributed by atoms with Gasteiger partial charge in [-0.15, -0.1) is 0 Å². The van der Waals surface area contributed by atoms with Crippen LogP contribution in [0, 0.1) is 0 Å². The zero-order chi connectivity index (χ0) is 13.9. The van der Waals surface area contributed by atoms with Gasteiger partial charge in [-0.25, -0.2) is 9.97 Å². The molecule has 0 aliphatic heterocycles. The molecular formula is C12H11BrF3N3. The van der Waals surface area contributed by atoms with E-state index in [9.17, 15) is 13.2 Å². The van der Waals surface area contributed by atoms with Crippen molar-refractivity contribution in [2.24, 2.45) is 0 Å². The van der Waals surface area contributed by atoms with Crippen molar-refractivity contribution >= 4 is 32.8 Å². The predicted octanol–water partition coefficient (Wildman–Crippen LogP) is 3.39. The van der Waals surface area contributed by atoms with Crippen LogP contribution in [0.3, 0.4) is 0 Å². The number of nitrogens with zero attached hydrogens (tertiary/aromatic N) is 3. The van der Waals surface area contributed by atoms with Crippen molar-refractivity contribution in [3.05, 3.63) is 30.5 Å². The zero-order valence-corrected chi connectivity index (χ0v) is 11.4. The smallest absolute Gasteiger partial charge is 0.331 e. The van der Waals surface area contributed by atoms with Crippen LogP contribution in [0.1, 0.15) is 0 Å². The molecule has 19 heavy (non-hydrogen) atoms. The van der Waals surface area contributed by atoms with E-state index in [4.69, 9.17) is 0 Å². The second-order valence-electron chi connectivity index (χ2n) is 3.95. The highest BCUT2D eigenvalue weighted by molar-refractivity contribution is 9.09. The van der Waals surface area contributed by atoms with Gasteiger partial charge in [0, 0.05) is 23.5 Å². The van der Waals surface area contributed by atoms with Crippen molar-refractivity contribution in [3.8, 4) is 0 Å². The molecule has 1 heterocycles. The molecule has 1 aromatic carbocycles. The molecule has 2 rings (SSSR count). The average molecular weight is 334 g/mol. The van der Waals surface area contributed by atoms with Crippen LogP contribution < -0.4 is 4.90 Å². The maximum Gasteiger partial charge on any atom is 0.406 e. The lowest BCUT2D eigenvalue weighted by molar-refractivity contribution is -0.119. The molecule has 0 atom stereocenters. The Morgan fingerprint density at radius 1 is 1.21 bits per heavy atom. The van der Waals surface area contributed by atoms with Gasteiger partial charge in [-0.05, 0) is 6.07 Å². The summed E-state index contributed by atoms with van der Waals surface area (Å²) < 4.78 is 37.5. The van der Waals surface area contributed by atoms with Crippen molar-refractivity contribution in [2.45, 2.75) is 6.18 Å².